The van der Waals surface area contributed by atoms with Gasteiger partial charge in [0.2, 0.25) is 0 Å². The molecular formula is C13H19N3. The number of rotatable bonds is 2. The number of fused-ring (bicyclic) bond motifs is 1. The van der Waals surface area contributed by atoms with Crippen LogP contribution in [-0.2, 0) is 7.05 Å². The molecular weight excluding hydrogens is 198 g/mol. The van der Waals surface area contributed by atoms with Crippen LogP contribution in [0.15, 0.2) is 18.2 Å². The SMILES string of the molecule is Cc1ccc2c(c1)nc(C(C)C(C)N)n2C. The van der Waals surface area contributed by atoms with E-state index >= 15 is 0 Å². The third kappa shape index (κ3) is 1.71. The minimum absolute atomic E-state index is 0.122. The minimum atomic E-state index is 0.122. The fourth-order valence-corrected chi connectivity index (χ4v) is 1.97. The Balaban J connectivity index is 2.60. The molecule has 16 heavy (non-hydrogen) atoms. The van der Waals surface area contributed by atoms with E-state index in [1.165, 1.54) is 11.1 Å². The lowest BCUT2D eigenvalue weighted by atomic mass is 10.0. The van der Waals surface area contributed by atoms with Gasteiger partial charge in [-0.15, -0.1) is 0 Å². The van der Waals surface area contributed by atoms with Gasteiger partial charge in [0.1, 0.15) is 5.82 Å². The van der Waals surface area contributed by atoms with Crippen LogP contribution in [0.4, 0.5) is 0 Å². The van der Waals surface area contributed by atoms with Gasteiger partial charge < -0.3 is 10.3 Å². The average Bonchev–Trinajstić information content (AvgIpc) is 2.54. The predicted octanol–water partition coefficient (Wildman–Crippen LogP) is 2.33. The molecule has 0 aliphatic rings. The molecule has 1 aromatic heterocycles. The largest absolute Gasteiger partial charge is 0.331 e. The molecule has 0 saturated heterocycles. The van der Waals surface area contributed by atoms with Crippen molar-refractivity contribution in [2.45, 2.75) is 32.7 Å². The Morgan fingerprint density at radius 2 is 2.00 bits per heavy atom. The van der Waals surface area contributed by atoms with Crippen LogP contribution in [0.3, 0.4) is 0 Å². The van der Waals surface area contributed by atoms with Gasteiger partial charge in [0.15, 0.2) is 0 Å². The van der Waals surface area contributed by atoms with Crippen molar-refractivity contribution in [2.75, 3.05) is 0 Å². The second-order valence-electron chi connectivity index (χ2n) is 4.67. The van der Waals surface area contributed by atoms with E-state index in [9.17, 15) is 0 Å². The van der Waals surface area contributed by atoms with E-state index in [1.807, 2.05) is 6.92 Å². The fraction of sp³-hybridized carbons (Fsp3) is 0.462. The number of benzene rings is 1. The molecule has 2 atom stereocenters. The monoisotopic (exact) mass is 217 g/mol. The second kappa shape index (κ2) is 3.91. The van der Waals surface area contributed by atoms with Gasteiger partial charge in [-0.25, -0.2) is 4.98 Å². The topological polar surface area (TPSA) is 43.8 Å². The Morgan fingerprint density at radius 3 is 2.62 bits per heavy atom. The Bertz CT molecular complexity index is 511. The van der Waals surface area contributed by atoms with Gasteiger partial charge >= 0.3 is 0 Å². The summed E-state index contributed by atoms with van der Waals surface area (Å²) in [6.07, 6.45) is 0. The molecule has 2 N–H and O–H groups in total. The van der Waals surface area contributed by atoms with Crippen molar-refractivity contribution in [3.8, 4) is 0 Å². The molecule has 1 aromatic carbocycles. The first-order valence-electron chi connectivity index (χ1n) is 5.69. The Morgan fingerprint density at radius 1 is 1.31 bits per heavy atom. The van der Waals surface area contributed by atoms with Crippen LogP contribution in [0, 0.1) is 6.92 Å². The zero-order valence-electron chi connectivity index (χ0n) is 10.4. The van der Waals surface area contributed by atoms with Crippen LogP contribution < -0.4 is 5.73 Å². The van der Waals surface area contributed by atoms with Gasteiger partial charge in [-0.1, -0.05) is 13.0 Å². The van der Waals surface area contributed by atoms with E-state index in [-0.39, 0.29) is 12.0 Å². The molecule has 1 heterocycles. The lowest BCUT2D eigenvalue weighted by Crippen LogP contribution is -2.24. The van der Waals surface area contributed by atoms with Crippen LogP contribution in [0.25, 0.3) is 11.0 Å². The van der Waals surface area contributed by atoms with Crippen molar-refractivity contribution in [3.63, 3.8) is 0 Å². The lowest BCUT2D eigenvalue weighted by Gasteiger charge is -2.14. The summed E-state index contributed by atoms with van der Waals surface area (Å²) in [5, 5.41) is 0. The summed E-state index contributed by atoms with van der Waals surface area (Å²) in [5.74, 6) is 1.34. The standard InChI is InChI=1S/C13H19N3/c1-8-5-6-12-11(7-8)15-13(16(12)4)9(2)10(3)14/h5-7,9-10H,14H2,1-4H3. The van der Waals surface area contributed by atoms with Crippen molar-refractivity contribution in [2.24, 2.45) is 12.8 Å². The van der Waals surface area contributed by atoms with Gasteiger partial charge in [0, 0.05) is 19.0 Å². The highest BCUT2D eigenvalue weighted by molar-refractivity contribution is 5.76. The summed E-state index contributed by atoms with van der Waals surface area (Å²) >= 11 is 0. The normalized spacial score (nSPS) is 15.3. The average molecular weight is 217 g/mol. The molecule has 0 saturated carbocycles. The molecule has 3 heteroatoms. The maximum absolute atomic E-state index is 5.94. The molecule has 3 nitrogen and oxygen atoms in total. The lowest BCUT2D eigenvalue weighted by molar-refractivity contribution is 0.565. The molecule has 0 bridgehead atoms. The molecule has 0 spiro atoms. The third-order valence-electron chi connectivity index (χ3n) is 3.27. The van der Waals surface area contributed by atoms with Crippen LogP contribution in [0.2, 0.25) is 0 Å². The van der Waals surface area contributed by atoms with Crippen LogP contribution in [0.1, 0.15) is 31.2 Å². The Kier molecular flexibility index (Phi) is 2.72. The third-order valence-corrected chi connectivity index (χ3v) is 3.27. The van der Waals surface area contributed by atoms with Crippen molar-refractivity contribution in [1.82, 2.24) is 9.55 Å². The van der Waals surface area contributed by atoms with E-state index in [0.717, 1.165) is 11.3 Å². The van der Waals surface area contributed by atoms with E-state index in [0.29, 0.717) is 0 Å². The fourth-order valence-electron chi connectivity index (χ4n) is 1.97. The molecule has 2 unspecified atom stereocenters. The summed E-state index contributed by atoms with van der Waals surface area (Å²) in [6.45, 7) is 6.23. The highest BCUT2D eigenvalue weighted by Gasteiger charge is 2.17. The Hall–Kier alpha value is -1.35. The van der Waals surface area contributed by atoms with Gasteiger partial charge in [0.25, 0.3) is 0 Å². The summed E-state index contributed by atoms with van der Waals surface area (Å²) in [7, 11) is 2.05. The maximum atomic E-state index is 5.94. The smallest absolute Gasteiger partial charge is 0.113 e. The number of aromatic nitrogens is 2. The first-order valence-corrected chi connectivity index (χ1v) is 5.69. The van der Waals surface area contributed by atoms with Crippen molar-refractivity contribution in [1.29, 1.82) is 0 Å². The summed E-state index contributed by atoms with van der Waals surface area (Å²) < 4.78 is 2.14. The van der Waals surface area contributed by atoms with Crippen LogP contribution in [-0.4, -0.2) is 15.6 Å². The summed E-state index contributed by atoms with van der Waals surface area (Å²) in [4.78, 5) is 4.68. The van der Waals surface area contributed by atoms with Crippen LogP contribution in [0.5, 0.6) is 0 Å². The van der Waals surface area contributed by atoms with E-state index in [4.69, 9.17) is 5.73 Å². The number of imidazole rings is 1. The van der Waals surface area contributed by atoms with Gasteiger partial charge in [-0.3, -0.25) is 0 Å². The molecule has 86 valence electrons. The van der Waals surface area contributed by atoms with E-state index in [1.54, 1.807) is 0 Å². The molecule has 2 rings (SSSR count). The highest BCUT2D eigenvalue weighted by Crippen LogP contribution is 2.23. The maximum Gasteiger partial charge on any atom is 0.113 e. The number of aryl methyl sites for hydroxylation is 2. The van der Waals surface area contributed by atoms with Gasteiger partial charge in [0.05, 0.1) is 11.0 Å². The van der Waals surface area contributed by atoms with E-state index in [2.05, 4.69) is 48.6 Å². The van der Waals surface area contributed by atoms with Crippen molar-refractivity contribution in [3.05, 3.63) is 29.6 Å². The number of nitrogens with two attached hydrogens (primary N) is 1. The predicted molar refractivity (Wildman–Crippen MR) is 67.5 cm³/mol. The minimum Gasteiger partial charge on any atom is -0.331 e. The molecule has 0 fully saturated rings. The van der Waals surface area contributed by atoms with E-state index < -0.39 is 0 Å². The molecule has 0 aliphatic carbocycles. The molecule has 0 amide bonds. The molecule has 0 aliphatic heterocycles. The van der Waals surface area contributed by atoms with Crippen LogP contribution >= 0.6 is 0 Å². The number of nitrogens with zero attached hydrogens (tertiary/aromatic N) is 2. The zero-order valence-corrected chi connectivity index (χ0v) is 10.4. The quantitative estimate of drug-likeness (QED) is 0.839. The molecule has 2 aromatic rings. The number of hydrogen-bond acceptors (Lipinski definition) is 2. The van der Waals surface area contributed by atoms with Crippen molar-refractivity contribution >= 4 is 11.0 Å². The zero-order chi connectivity index (χ0) is 11.9. The van der Waals surface area contributed by atoms with Gasteiger partial charge in [-0.05, 0) is 31.5 Å². The highest BCUT2D eigenvalue weighted by atomic mass is 15.1. The van der Waals surface area contributed by atoms with Crippen molar-refractivity contribution < 1.29 is 0 Å². The van der Waals surface area contributed by atoms with Gasteiger partial charge in [-0.2, -0.15) is 0 Å². The first-order chi connectivity index (χ1) is 7.50. The molecule has 0 radical (unpaired) electrons. The Labute approximate surface area is 96.3 Å². The second-order valence-corrected chi connectivity index (χ2v) is 4.67. The number of hydrogen-bond donors (Lipinski definition) is 1. The summed E-state index contributed by atoms with van der Waals surface area (Å²) in [6, 6.07) is 6.48. The first kappa shape index (κ1) is 11.1. The summed E-state index contributed by atoms with van der Waals surface area (Å²) in [5.41, 5.74) is 9.41.